The number of benzene rings is 3. The van der Waals surface area contributed by atoms with E-state index in [2.05, 4.69) is 10.2 Å². The van der Waals surface area contributed by atoms with Gasteiger partial charge in [-0.05, 0) is 54.1 Å². The van der Waals surface area contributed by atoms with Gasteiger partial charge in [0, 0.05) is 43.6 Å². The monoisotopic (exact) mass is 465 g/mol. The molecule has 33 heavy (non-hydrogen) atoms. The average Bonchev–Trinajstić information content (AvgIpc) is 2.85. The minimum atomic E-state index is -3.64. The maximum Gasteiger partial charge on any atom is 0.255 e. The first-order chi connectivity index (χ1) is 15.9. The molecule has 3 aromatic rings. The Bertz CT molecular complexity index is 1170. The topological polar surface area (TPSA) is 79.0 Å². The number of hydrogen-bond acceptors (Lipinski definition) is 5. The number of nitrogens with zero attached hydrogens (tertiary/aromatic N) is 2. The largest absolute Gasteiger partial charge is 0.378 e. The molecule has 1 aliphatic rings. The Morgan fingerprint density at radius 3 is 2.21 bits per heavy atom. The van der Waals surface area contributed by atoms with E-state index < -0.39 is 10.0 Å². The predicted octanol–water partition coefficient (Wildman–Crippen LogP) is 3.60. The molecule has 0 spiro atoms. The van der Waals surface area contributed by atoms with Crippen LogP contribution in [0.1, 0.15) is 15.9 Å². The Balaban J connectivity index is 1.39. The predicted molar refractivity (Wildman–Crippen MR) is 129 cm³/mol. The van der Waals surface area contributed by atoms with Gasteiger partial charge in [-0.15, -0.1) is 0 Å². The lowest BCUT2D eigenvalue weighted by Gasteiger charge is -2.28. The van der Waals surface area contributed by atoms with Gasteiger partial charge >= 0.3 is 0 Å². The zero-order chi connectivity index (χ0) is 23.3. The lowest BCUT2D eigenvalue weighted by atomic mass is 10.1. The van der Waals surface area contributed by atoms with Crippen LogP contribution in [0, 0.1) is 0 Å². The van der Waals surface area contributed by atoms with E-state index in [0.29, 0.717) is 24.5 Å². The van der Waals surface area contributed by atoms with E-state index in [1.807, 2.05) is 42.5 Å². The summed E-state index contributed by atoms with van der Waals surface area (Å²) in [5.74, 6) is -0.250. The zero-order valence-electron chi connectivity index (χ0n) is 18.5. The standard InChI is InChI=1S/C25H27N3O4S/c1-27(19-20-5-3-2-4-6-20)33(30,31)24-13-9-22(10-14-24)26-25(29)21-7-11-23(12-8-21)28-15-17-32-18-16-28/h2-14H,15-19H2,1H3,(H,26,29). The first-order valence-corrected chi connectivity index (χ1v) is 12.2. The average molecular weight is 466 g/mol. The van der Waals surface area contributed by atoms with Crippen LogP contribution >= 0.6 is 0 Å². The molecule has 1 amide bonds. The number of carbonyl (C=O) groups excluding carboxylic acids is 1. The van der Waals surface area contributed by atoms with Crippen molar-refractivity contribution in [1.82, 2.24) is 4.31 Å². The zero-order valence-corrected chi connectivity index (χ0v) is 19.3. The molecule has 1 fully saturated rings. The molecule has 4 rings (SSSR count). The number of rotatable bonds is 7. The fourth-order valence-corrected chi connectivity index (χ4v) is 4.82. The van der Waals surface area contributed by atoms with Gasteiger partial charge in [-0.2, -0.15) is 4.31 Å². The van der Waals surface area contributed by atoms with Gasteiger partial charge in [0.05, 0.1) is 18.1 Å². The van der Waals surface area contributed by atoms with Gasteiger partial charge in [-0.25, -0.2) is 8.42 Å². The van der Waals surface area contributed by atoms with Gasteiger partial charge in [-0.3, -0.25) is 4.79 Å². The molecular formula is C25H27N3O4S. The molecule has 0 bridgehead atoms. The molecular weight excluding hydrogens is 438 g/mol. The van der Waals surface area contributed by atoms with E-state index in [1.165, 1.54) is 16.4 Å². The van der Waals surface area contributed by atoms with E-state index in [0.717, 1.165) is 24.3 Å². The molecule has 0 radical (unpaired) electrons. The smallest absolute Gasteiger partial charge is 0.255 e. The van der Waals surface area contributed by atoms with Crippen molar-refractivity contribution < 1.29 is 17.9 Å². The van der Waals surface area contributed by atoms with Crippen LogP contribution in [0.15, 0.2) is 83.8 Å². The summed E-state index contributed by atoms with van der Waals surface area (Å²) in [7, 11) is -2.09. The maximum absolute atomic E-state index is 12.9. The summed E-state index contributed by atoms with van der Waals surface area (Å²) < 4.78 is 32.4. The minimum Gasteiger partial charge on any atom is -0.378 e. The molecule has 1 saturated heterocycles. The van der Waals surface area contributed by atoms with Crippen LogP contribution in [0.4, 0.5) is 11.4 Å². The lowest BCUT2D eigenvalue weighted by molar-refractivity contribution is 0.102. The highest BCUT2D eigenvalue weighted by Crippen LogP contribution is 2.21. The van der Waals surface area contributed by atoms with Gasteiger partial charge in [-0.1, -0.05) is 30.3 Å². The Labute approximate surface area is 194 Å². The highest BCUT2D eigenvalue weighted by Gasteiger charge is 2.21. The van der Waals surface area contributed by atoms with Crippen molar-refractivity contribution in [2.75, 3.05) is 43.6 Å². The van der Waals surface area contributed by atoms with E-state index in [1.54, 1.807) is 31.3 Å². The Hall–Kier alpha value is -3.20. The molecule has 3 aromatic carbocycles. The van der Waals surface area contributed by atoms with Crippen molar-refractivity contribution >= 4 is 27.3 Å². The second kappa shape index (κ2) is 10.2. The van der Waals surface area contributed by atoms with E-state index in [-0.39, 0.29) is 17.3 Å². The number of sulfonamides is 1. The quantitative estimate of drug-likeness (QED) is 0.577. The van der Waals surface area contributed by atoms with Crippen molar-refractivity contribution in [1.29, 1.82) is 0 Å². The molecule has 0 aromatic heterocycles. The lowest BCUT2D eigenvalue weighted by Crippen LogP contribution is -2.36. The number of hydrogen-bond donors (Lipinski definition) is 1. The van der Waals surface area contributed by atoms with Gasteiger partial charge in [0.2, 0.25) is 10.0 Å². The molecule has 7 nitrogen and oxygen atoms in total. The van der Waals surface area contributed by atoms with Crippen LogP contribution in [-0.4, -0.2) is 52.0 Å². The number of carbonyl (C=O) groups is 1. The molecule has 0 saturated carbocycles. The summed E-state index contributed by atoms with van der Waals surface area (Å²) >= 11 is 0. The van der Waals surface area contributed by atoms with Gasteiger partial charge < -0.3 is 15.0 Å². The van der Waals surface area contributed by atoms with Crippen molar-refractivity contribution in [3.63, 3.8) is 0 Å². The van der Waals surface area contributed by atoms with Crippen LogP contribution in [-0.2, 0) is 21.3 Å². The molecule has 172 valence electrons. The Morgan fingerprint density at radius 2 is 1.58 bits per heavy atom. The first kappa shape index (κ1) is 23.0. The highest BCUT2D eigenvalue weighted by atomic mass is 32.2. The summed E-state index contributed by atoms with van der Waals surface area (Å²) in [4.78, 5) is 15.0. The normalized spacial score (nSPS) is 14.3. The van der Waals surface area contributed by atoms with Crippen molar-refractivity contribution in [2.24, 2.45) is 0 Å². The maximum atomic E-state index is 12.9. The SMILES string of the molecule is CN(Cc1ccccc1)S(=O)(=O)c1ccc(NC(=O)c2ccc(N3CCOCC3)cc2)cc1. The molecule has 1 heterocycles. The number of nitrogens with one attached hydrogen (secondary N) is 1. The van der Waals surface area contributed by atoms with E-state index in [4.69, 9.17) is 4.74 Å². The molecule has 0 unspecified atom stereocenters. The van der Waals surface area contributed by atoms with Gasteiger partial charge in [0.1, 0.15) is 0 Å². The van der Waals surface area contributed by atoms with Crippen molar-refractivity contribution in [3.8, 4) is 0 Å². The van der Waals surface area contributed by atoms with Crippen molar-refractivity contribution in [3.05, 3.63) is 90.0 Å². The molecule has 0 aliphatic carbocycles. The molecule has 8 heteroatoms. The summed E-state index contributed by atoms with van der Waals surface area (Å²) in [6.45, 7) is 3.36. The van der Waals surface area contributed by atoms with Gasteiger partial charge in [0.25, 0.3) is 5.91 Å². The van der Waals surface area contributed by atoms with Crippen LogP contribution in [0.2, 0.25) is 0 Å². The van der Waals surface area contributed by atoms with Crippen molar-refractivity contribution in [2.45, 2.75) is 11.4 Å². The number of morpholine rings is 1. The summed E-state index contributed by atoms with van der Waals surface area (Å²) in [5.41, 5.74) is 3.03. The summed E-state index contributed by atoms with van der Waals surface area (Å²) in [5, 5.41) is 2.82. The minimum absolute atomic E-state index is 0.175. The number of ether oxygens (including phenoxy) is 1. The fraction of sp³-hybridized carbons (Fsp3) is 0.240. The third-order valence-corrected chi connectivity index (χ3v) is 7.39. The second-order valence-corrected chi connectivity index (χ2v) is 9.92. The second-order valence-electron chi connectivity index (χ2n) is 7.87. The van der Waals surface area contributed by atoms with E-state index >= 15 is 0 Å². The van der Waals surface area contributed by atoms with Crippen LogP contribution in [0.5, 0.6) is 0 Å². The molecule has 1 aliphatic heterocycles. The Morgan fingerprint density at radius 1 is 0.939 bits per heavy atom. The molecule has 0 atom stereocenters. The summed E-state index contributed by atoms with van der Waals surface area (Å²) in [6, 6.07) is 23.1. The van der Waals surface area contributed by atoms with Crippen LogP contribution < -0.4 is 10.2 Å². The summed E-state index contributed by atoms with van der Waals surface area (Å²) in [6.07, 6.45) is 0. The fourth-order valence-electron chi connectivity index (χ4n) is 3.66. The van der Waals surface area contributed by atoms with Crippen LogP contribution in [0.3, 0.4) is 0 Å². The first-order valence-electron chi connectivity index (χ1n) is 10.8. The third-order valence-electron chi connectivity index (χ3n) is 5.57. The number of amides is 1. The van der Waals surface area contributed by atoms with Crippen LogP contribution in [0.25, 0.3) is 0 Å². The third kappa shape index (κ3) is 5.60. The number of anilines is 2. The van der Waals surface area contributed by atoms with E-state index in [9.17, 15) is 13.2 Å². The highest BCUT2D eigenvalue weighted by molar-refractivity contribution is 7.89. The Kier molecular flexibility index (Phi) is 7.08. The molecule has 1 N–H and O–H groups in total. The van der Waals surface area contributed by atoms with Gasteiger partial charge in [0.15, 0.2) is 0 Å².